The van der Waals surface area contributed by atoms with Crippen molar-refractivity contribution in [2.24, 2.45) is 16.6 Å². The molecule has 0 amide bonds. The minimum Gasteiger partial charge on any atom is -0.480 e. The average molecular weight is 187 g/mol. The van der Waals surface area contributed by atoms with Crippen molar-refractivity contribution in [3.05, 3.63) is 10.4 Å². The number of carboxylic acids is 1. The van der Waals surface area contributed by atoms with Gasteiger partial charge in [-0.2, -0.15) is 0 Å². The minimum atomic E-state index is -1.32. The lowest BCUT2D eigenvalue weighted by Gasteiger charge is -2.19. The molecule has 0 fully saturated rings. The molecule has 2 atom stereocenters. The van der Waals surface area contributed by atoms with Crippen LogP contribution in [0.15, 0.2) is 5.11 Å². The highest BCUT2D eigenvalue weighted by Crippen LogP contribution is 2.10. The Morgan fingerprint density at radius 3 is 2.77 bits per heavy atom. The molecule has 0 aromatic heterocycles. The molecule has 0 saturated heterocycles. The Labute approximate surface area is 75.3 Å². The van der Waals surface area contributed by atoms with Crippen molar-refractivity contribution in [2.45, 2.75) is 31.5 Å². The monoisotopic (exact) mass is 187 g/mol. The largest absolute Gasteiger partial charge is 0.480 e. The molecule has 0 aliphatic heterocycles. The minimum absolute atomic E-state index is 0.169. The number of carboxylic acid groups (broad SMARTS) is 1. The van der Waals surface area contributed by atoms with E-state index in [2.05, 4.69) is 10.0 Å². The topological polar surface area (TPSA) is 138 Å². The Bertz CT molecular complexity index is 233. The van der Waals surface area contributed by atoms with Crippen molar-refractivity contribution in [3.63, 3.8) is 0 Å². The average Bonchev–Trinajstić information content (AvgIpc) is 2.01. The smallest absolute Gasteiger partial charge is 0.323 e. The fraction of sp³-hybridized carbons (Fsp3) is 0.833. The molecule has 0 aromatic rings. The number of carbonyl (C=O) groups is 1. The highest BCUT2D eigenvalue weighted by Gasteiger charge is 2.27. The van der Waals surface area contributed by atoms with Crippen LogP contribution in [0.4, 0.5) is 0 Å². The molecule has 0 aliphatic rings. The third-order valence-electron chi connectivity index (χ3n) is 1.65. The number of azide groups is 1. The summed E-state index contributed by atoms with van der Waals surface area (Å²) in [6.07, 6.45) is -0.293. The molecule has 5 N–H and O–H groups in total. The normalized spacial score (nSPS) is 16.8. The van der Waals surface area contributed by atoms with Crippen molar-refractivity contribution in [3.8, 4) is 0 Å². The molecular formula is C6H13N5O2. The van der Waals surface area contributed by atoms with Crippen LogP contribution < -0.4 is 11.5 Å². The Morgan fingerprint density at radius 2 is 2.38 bits per heavy atom. The Hall–Kier alpha value is -1.30. The summed E-state index contributed by atoms with van der Waals surface area (Å²) in [6, 6.07) is 0. The van der Waals surface area contributed by atoms with Crippen LogP contribution in [0.5, 0.6) is 0 Å². The van der Waals surface area contributed by atoms with E-state index in [1.807, 2.05) is 0 Å². The van der Waals surface area contributed by atoms with Gasteiger partial charge >= 0.3 is 5.97 Å². The van der Waals surface area contributed by atoms with Crippen LogP contribution in [-0.2, 0) is 4.79 Å². The van der Waals surface area contributed by atoms with Crippen molar-refractivity contribution in [2.75, 3.05) is 0 Å². The Kier molecular flexibility index (Phi) is 4.19. The first-order valence-corrected chi connectivity index (χ1v) is 3.72. The number of nitrogens with two attached hydrogens (primary N) is 2. The van der Waals surface area contributed by atoms with Gasteiger partial charge in [0.15, 0.2) is 0 Å². The summed E-state index contributed by atoms with van der Waals surface area (Å²) in [5, 5.41) is 11.8. The summed E-state index contributed by atoms with van der Waals surface area (Å²) in [7, 11) is 0. The molecule has 0 saturated carbocycles. The van der Waals surface area contributed by atoms with Gasteiger partial charge in [0.1, 0.15) is 5.54 Å². The van der Waals surface area contributed by atoms with E-state index in [4.69, 9.17) is 22.1 Å². The predicted octanol–water partition coefficient (Wildman–Crippen LogP) is 0.164. The van der Waals surface area contributed by atoms with Gasteiger partial charge in [0.25, 0.3) is 0 Å². The first kappa shape index (κ1) is 11.7. The van der Waals surface area contributed by atoms with Crippen LogP contribution in [0.3, 0.4) is 0 Å². The second kappa shape index (κ2) is 4.66. The van der Waals surface area contributed by atoms with E-state index >= 15 is 0 Å². The van der Waals surface area contributed by atoms with E-state index in [0.717, 1.165) is 0 Å². The first-order valence-electron chi connectivity index (χ1n) is 3.72. The lowest BCUT2D eigenvalue weighted by atomic mass is 9.97. The van der Waals surface area contributed by atoms with E-state index in [1.54, 1.807) is 0 Å². The molecule has 74 valence electrons. The van der Waals surface area contributed by atoms with Crippen LogP contribution in [-0.4, -0.2) is 22.8 Å². The van der Waals surface area contributed by atoms with E-state index < -0.39 is 17.7 Å². The summed E-state index contributed by atoms with van der Waals surface area (Å²) in [5.74, 6) is -1.10. The molecule has 0 bridgehead atoms. The Balaban J connectivity index is 4.01. The van der Waals surface area contributed by atoms with Gasteiger partial charge in [-0.25, -0.2) is 0 Å². The van der Waals surface area contributed by atoms with Gasteiger partial charge in [-0.15, -0.1) is 0 Å². The number of hydrogen-bond acceptors (Lipinski definition) is 4. The second-order valence-corrected chi connectivity index (χ2v) is 3.03. The maximum atomic E-state index is 10.5. The third-order valence-corrected chi connectivity index (χ3v) is 1.65. The molecule has 1 unspecified atom stereocenters. The highest BCUT2D eigenvalue weighted by atomic mass is 16.4. The molecule has 0 spiro atoms. The quantitative estimate of drug-likeness (QED) is 0.320. The van der Waals surface area contributed by atoms with Crippen molar-refractivity contribution >= 4 is 5.97 Å². The molecule has 7 heteroatoms. The van der Waals surface area contributed by atoms with Gasteiger partial charge < -0.3 is 16.6 Å². The summed E-state index contributed by atoms with van der Waals surface area (Å²) < 4.78 is 0. The number of aliphatic carboxylic acids is 1. The van der Waals surface area contributed by atoms with E-state index in [-0.39, 0.29) is 12.8 Å². The number of nitrogens with zero attached hydrogens (tertiary/aromatic N) is 3. The maximum absolute atomic E-state index is 10.5. The molecular weight excluding hydrogens is 174 g/mol. The maximum Gasteiger partial charge on any atom is 0.323 e. The first-order chi connectivity index (χ1) is 5.90. The zero-order valence-electron chi connectivity index (χ0n) is 7.34. The van der Waals surface area contributed by atoms with Crippen LogP contribution >= 0.6 is 0 Å². The zero-order chi connectivity index (χ0) is 10.5. The lowest BCUT2D eigenvalue weighted by molar-refractivity contribution is -0.142. The van der Waals surface area contributed by atoms with Crippen LogP contribution in [0.25, 0.3) is 10.4 Å². The standard InChI is InChI=1S/C6H13N5O2/c1-6(8,5(12)13)3-2-4(7)10-11-9/h4H,2-3,7-8H2,1H3,(H,12,13)/t4?,6-/m0/s1. The van der Waals surface area contributed by atoms with Crippen molar-refractivity contribution < 1.29 is 9.90 Å². The Morgan fingerprint density at radius 1 is 1.85 bits per heavy atom. The van der Waals surface area contributed by atoms with Crippen LogP contribution in [0, 0.1) is 0 Å². The molecule has 0 heterocycles. The van der Waals surface area contributed by atoms with E-state index in [0.29, 0.717) is 0 Å². The van der Waals surface area contributed by atoms with Gasteiger partial charge in [0, 0.05) is 4.91 Å². The molecule has 7 nitrogen and oxygen atoms in total. The molecule has 0 radical (unpaired) electrons. The third kappa shape index (κ3) is 4.32. The number of rotatable bonds is 5. The summed E-state index contributed by atoms with van der Waals surface area (Å²) >= 11 is 0. The lowest BCUT2D eigenvalue weighted by Crippen LogP contribution is -2.45. The summed E-state index contributed by atoms with van der Waals surface area (Å²) in [5.41, 5.74) is 17.4. The number of hydrogen-bond donors (Lipinski definition) is 3. The van der Waals surface area contributed by atoms with Gasteiger partial charge in [-0.05, 0) is 25.3 Å². The van der Waals surface area contributed by atoms with Gasteiger partial charge in [-0.1, -0.05) is 5.11 Å². The van der Waals surface area contributed by atoms with E-state index in [1.165, 1.54) is 6.92 Å². The second-order valence-electron chi connectivity index (χ2n) is 3.03. The molecule has 13 heavy (non-hydrogen) atoms. The van der Waals surface area contributed by atoms with Gasteiger partial charge in [-0.3, -0.25) is 4.79 Å². The predicted molar refractivity (Wildman–Crippen MR) is 46.6 cm³/mol. The fourth-order valence-corrected chi connectivity index (χ4v) is 0.679. The van der Waals surface area contributed by atoms with Gasteiger partial charge in [0.2, 0.25) is 0 Å². The highest BCUT2D eigenvalue weighted by molar-refractivity contribution is 5.77. The zero-order valence-corrected chi connectivity index (χ0v) is 7.34. The van der Waals surface area contributed by atoms with E-state index in [9.17, 15) is 4.79 Å². The SMILES string of the molecule is C[C@](N)(CCC(N)N=[N+]=[N-])C(=O)O. The van der Waals surface area contributed by atoms with Crippen molar-refractivity contribution in [1.82, 2.24) is 0 Å². The van der Waals surface area contributed by atoms with Crippen LogP contribution in [0.2, 0.25) is 0 Å². The fourth-order valence-electron chi connectivity index (χ4n) is 0.679. The molecule has 0 aliphatic carbocycles. The van der Waals surface area contributed by atoms with Crippen molar-refractivity contribution in [1.29, 1.82) is 0 Å². The molecule has 0 aromatic carbocycles. The van der Waals surface area contributed by atoms with Crippen LogP contribution in [0.1, 0.15) is 19.8 Å². The summed E-state index contributed by atoms with van der Waals surface area (Å²) in [4.78, 5) is 13.0. The summed E-state index contributed by atoms with van der Waals surface area (Å²) in [6.45, 7) is 1.39. The van der Waals surface area contributed by atoms with Gasteiger partial charge in [0.05, 0.1) is 6.17 Å². The molecule has 0 rings (SSSR count).